The van der Waals surface area contributed by atoms with Gasteiger partial charge in [-0.1, -0.05) is 91.9 Å². The molecular weight excluding hydrogens is 450 g/mol. The Bertz CT molecular complexity index is 1290. The van der Waals surface area contributed by atoms with Gasteiger partial charge in [-0.2, -0.15) is 0 Å². The van der Waals surface area contributed by atoms with Gasteiger partial charge in [0.1, 0.15) is 6.61 Å². The third kappa shape index (κ3) is 4.94. The molecule has 2 atom stereocenters. The molecule has 1 aliphatic heterocycles. The van der Waals surface area contributed by atoms with Crippen molar-refractivity contribution in [2.24, 2.45) is 5.92 Å². The first-order valence-electron chi connectivity index (χ1n) is 11.0. The van der Waals surface area contributed by atoms with Gasteiger partial charge in [-0.15, -0.1) is 0 Å². The first-order valence-corrected chi connectivity index (χ1v) is 12.5. The second kappa shape index (κ2) is 10.1. The van der Waals surface area contributed by atoms with Gasteiger partial charge in [0.25, 0.3) is 0 Å². The van der Waals surface area contributed by atoms with Crippen LogP contribution in [0.4, 0.5) is 4.79 Å². The van der Waals surface area contributed by atoms with E-state index in [4.69, 9.17) is 4.74 Å². The van der Waals surface area contributed by atoms with Gasteiger partial charge in [0.05, 0.1) is 21.8 Å². The monoisotopic (exact) mass is 475 g/mol. The average molecular weight is 476 g/mol. The van der Waals surface area contributed by atoms with Crippen LogP contribution in [0.2, 0.25) is 0 Å². The number of cyclic esters (lactones) is 1. The van der Waals surface area contributed by atoms with E-state index in [1.807, 2.05) is 30.3 Å². The number of hydrogen-bond acceptors (Lipinski definition) is 5. The minimum Gasteiger partial charge on any atom is -0.447 e. The summed E-state index contributed by atoms with van der Waals surface area (Å²) in [6.07, 6.45) is 1.17. The lowest BCUT2D eigenvalue weighted by atomic mass is 10.0. The maximum Gasteiger partial charge on any atom is 0.417 e. The van der Waals surface area contributed by atoms with E-state index < -0.39 is 33.8 Å². The van der Waals surface area contributed by atoms with Gasteiger partial charge >= 0.3 is 6.09 Å². The lowest BCUT2D eigenvalue weighted by Crippen LogP contribution is -2.42. The SMILES string of the molecule is CC(/C=C(\c1ccccc1)S(=O)(=O)c1ccccc1)C(=O)N1C(=O)OC[C@@H]1Cc1ccccc1. The molecule has 0 saturated carbocycles. The molecule has 0 aromatic heterocycles. The van der Waals surface area contributed by atoms with Gasteiger partial charge in [-0.25, -0.2) is 18.1 Å². The largest absolute Gasteiger partial charge is 0.447 e. The van der Waals surface area contributed by atoms with E-state index in [0.29, 0.717) is 12.0 Å². The zero-order valence-electron chi connectivity index (χ0n) is 18.7. The van der Waals surface area contributed by atoms with Crippen LogP contribution in [0.1, 0.15) is 18.1 Å². The second-order valence-corrected chi connectivity index (χ2v) is 10.0. The first kappa shape index (κ1) is 23.4. The van der Waals surface area contributed by atoms with Crippen molar-refractivity contribution >= 4 is 26.7 Å². The maximum absolute atomic E-state index is 13.5. The van der Waals surface area contributed by atoms with Crippen molar-refractivity contribution in [2.45, 2.75) is 24.3 Å². The predicted octanol–water partition coefficient (Wildman–Crippen LogP) is 4.73. The van der Waals surface area contributed by atoms with Crippen molar-refractivity contribution < 1.29 is 22.7 Å². The quantitative estimate of drug-likeness (QED) is 0.494. The zero-order chi connectivity index (χ0) is 24.1. The molecule has 3 aromatic carbocycles. The molecule has 0 radical (unpaired) electrons. The van der Waals surface area contributed by atoms with Gasteiger partial charge < -0.3 is 4.74 Å². The standard InChI is InChI=1S/C27H25NO5S/c1-20(26(29)28-23(19-33-27(28)30)18-21-11-5-2-6-12-21)17-25(22-13-7-3-8-14-22)34(31,32)24-15-9-4-10-16-24/h2-17,20,23H,18-19H2,1H3/b25-17+/t20?,23-/m0/s1. The highest BCUT2D eigenvalue weighted by Crippen LogP contribution is 2.30. The molecule has 0 aliphatic carbocycles. The van der Waals surface area contributed by atoms with Crippen LogP contribution in [-0.4, -0.2) is 38.0 Å². The van der Waals surface area contributed by atoms with E-state index in [-0.39, 0.29) is 16.4 Å². The molecule has 0 N–H and O–H groups in total. The number of rotatable bonds is 7. The molecule has 34 heavy (non-hydrogen) atoms. The summed E-state index contributed by atoms with van der Waals surface area (Å²) in [4.78, 5) is 27.1. The van der Waals surface area contributed by atoms with Crippen molar-refractivity contribution in [3.63, 3.8) is 0 Å². The summed E-state index contributed by atoms with van der Waals surface area (Å²) in [6.45, 7) is 1.70. The molecule has 1 saturated heterocycles. The molecule has 3 aromatic rings. The number of nitrogens with zero attached hydrogens (tertiary/aromatic N) is 1. The summed E-state index contributed by atoms with van der Waals surface area (Å²) in [6, 6.07) is 25.8. The van der Waals surface area contributed by atoms with Gasteiger partial charge in [0, 0.05) is 0 Å². The Morgan fingerprint density at radius 3 is 2.15 bits per heavy atom. The van der Waals surface area contributed by atoms with E-state index in [1.54, 1.807) is 55.5 Å². The van der Waals surface area contributed by atoms with Crippen molar-refractivity contribution in [3.8, 4) is 0 Å². The van der Waals surface area contributed by atoms with E-state index >= 15 is 0 Å². The fraction of sp³-hybridized carbons (Fsp3) is 0.185. The number of sulfone groups is 1. The fourth-order valence-electron chi connectivity index (χ4n) is 3.95. The fourth-order valence-corrected chi connectivity index (χ4v) is 5.55. The highest BCUT2D eigenvalue weighted by atomic mass is 32.2. The van der Waals surface area contributed by atoms with Crippen molar-refractivity contribution in [3.05, 3.63) is 108 Å². The van der Waals surface area contributed by atoms with Crippen LogP contribution in [0, 0.1) is 5.92 Å². The smallest absolute Gasteiger partial charge is 0.417 e. The Labute approximate surface area is 199 Å². The molecule has 0 spiro atoms. The normalized spacial score (nSPS) is 17.3. The minimum absolute atomic E-state index is 0.0207. The molecule has 2 amide bonds. The maximum atomic E-state index is 13.5. The van der Waals surface area contributed by atoms with Gasteiger partial charge in [0.15, 0.2) is 0 Å². The number of carbonyl (C=O) groups excluding carboxylic acids is 2. The summed E-state index contributed by atoms with van der Waals surface area (Å²) in [5, 5.41) is 0. The molecule has 4 rings (SSSR count). The Balaban J connectivity index is 1.67. The molecule has 1 heterocycles. The molecular formula is C27H25NO5S. The number of ether oxygens (including phenoxy) is 1. The highest BCUT2D eigenvalue weighted by Gasteiger charge is 2.39. The number of carbonyl (C=O) groups is 2. The van der Waals surface area contributed by atoms with Crippen molar-refractivity contribution in [1.82, 2.24) is 4.90 Å². The molecule has 1 aliphatic rings. The van der Waals surface area contributed by atoms with Gasteiger partial charge in [0.2, 0.25) is 15.7 Å². The van der Waals surface area contributed by atoms with Crippen molar-refractivity contribution in [2.75, 3.05) is 6.61 Å². The van der Waals surface area contributed by atoms with Crippen LogP contribution in [-0.2, 0) is 25.8 Å². The predicted molar refractivity (Wildman–Crippen MR) is 129 cm³/mol. The summed E-state index contributed by atoms with van der Waals surface area (Å²) >= 11 is 0. The Morgan fingerprint density at radius 1 is 0.971 bits per heavy atom. The van der Waals surface area contributed by atoms with E-state index in [1.165, 1.54) is 18.2 Å². The van der Waals surface area contributed by atoms with E-state index in [2.05, 4.69) is 0 Å². The summed E-state index contributed by atoms with van der Waals surface area (Å²) in [5.74, 6) is -1.38. The Kier molecular flexibility index (Phi) is 6.93. The third-order valence-corrected chi connectivity index (χ3v) is 7.55. The van der Waals surface area contributed by atoms with Crippen LogP contribution in [0.3, 0.4) is 0 Å². The second-order valence-electron chi connectivity index (χ2n) is 8.13. The summed E-state index contributed by atoms with van der Waals surface area (Å²) in [5.41, 5.74) is 1.44. The van der Waals surface area contributed by atoms with Gasteiger partial charge in [-0.3, -0.25) is 4.79 Å². The summed E-state index contributed by atoms with van der Waals surface area (Å²) < 4.78 is 32.2. The molecule has 1 fully saturated rings. The zero-order valence-corrected chi connectivity index (χ0v) is 19.5. The van der Waals surface area contributed by atoms with Crippen LogP contribution >= 0.6 is 0 Å². The molecule has 174 valence electrons. The lowest BCUT2D eigenvalue weighted by molar-refractivity contribution is -0.131. The third-order valence-electron chi connectivity index (χ3n) is 5.70. The topological polar surface area (TPSA) is 80.8 Å². The number of amides is 2. The Morgan fingerprint density at radius 2 is 1.53 bits per heavy atom. The van der Waals surface area contributed by atoms with Crippen molar-refractivity contribution in [1.29, 1.82) is 0 Å². The number of imide groups is 1. The van der Waals surface area contributed by atoms with E-state index in [0.717, 1.165) is 10.5 Å². The number of benzene rings is 3. The average Bonchev–Trinajstić information content (AvgIpc) is 3.23. The first-order chi connectivity index (χ1) is 16.4. The van der Waals surface area contributed by atoms with Crippen LogP contribution in [0.25, 0.3) is 4.91 Å². The Hall–Kier alpha value is -3.71. The molecule has 7 heteroatoms. The summed E-state index contributed by atoms with van der Waals surface area (Å²) in [7, 11) is -3.91. The molecule has 1 unspecified atom stereocenters. The van der Waals surface area contributed by atoms with Gasteiger partial charge in [-0.05, 0) is 29.7 Å². The minimum atomic E-state index is -3.91. The molecule has 6 nitrogen and oxygen atoms in total. The molecule has 0 bridgehead atoms. The van der Waals surface area contributed by atoms with E-state index in [9.17, 15) is 18.0 Å². The van der Waals surface area contributed by atoms with Crippen LogP contribution < -0.4 is 0 Å². The number of hydrogen-bond donors (Lipinski definition) is 0. The lowest BCUT2D eigenvalue weighted by Gasteiger charge is -2.22. The van der Waals surface area contributed by atoms with Crippen LogP contribution in [0.5, 0.6) is 0 Å². The highest BCUT2D eigenvalue weighted by molar-refractivity contribution is 8.00. The van der Waals surface area contributed by atoms with Crippen LogP contribution in [0.15, 0.2) is 102 Å².